The number of ether oxygens (including phenoxy) is 1. The number of methoxy groups -OCH3 is 1. The van der Waals surface area contributed by atoms with Crippen molar-refractivity contribution < 1.29 is 9.53 Å². The van der Waals surface area contributed by atoms with Crippen molar-refractivity contribution in [3.8, 4) is 0 Å². The SMILES string of the molecule is COC(=O)c1cc2ncsc2n1Cc1ccc(Cl)c(Cl)c1. The Labute approximate surface area is 134 Å². The van der Waals surface area contributed by atoms with Crippen molar-refractivity contribution in [2.24, 2.45) is 0 Å². The van der Waals surface area contributed by atoms with E-state index in [1.807, 2.05) is 10.6 Å². The zero-order valence-electron chi connectivity index (χ0n) is 11.0. The second kappa shape index (κ2) is 5.67. The number of hydrogen-bond acceptors (Lipinski definition) is 4. The zero-order chi connectivity index (χ0) is 15.0. The van der Waals surface area contributed by atoms with Crippen LogP contribution in [0.25, 0.3) is 10.3 Å². The highest BCUT2D eigenvalue weighted by Crippen LogP contribution is 2.27. The molecule has 1 aromatic carbocycles. The third kappa shape index (κ3) is 2.64. The minimum atomic E-state index is -0.389. The minimum absolute atomic E-state index is 0.389. The second-order valence-corrected chi connectivity index (χ2v) is 6.05. The molecule has 2 aromatic heterocycles. The Kier molecular flexibility index (Phi) is 3.89. The Bertz CT molecular complexity index is 826. The molecule has 3 aromatic rings. The summed E-state index contributed by atoms with van der Waals surface area (Å²) in [5.74, 6) is -0.389. The number of hydrogen-bond donors (Lipinski definition) is 0. The normalized spacial score (nSPS) is 11.0. The van der Waals surface area contributed by atoms with E-state index in [-0.39, 0.29) is 5.97 Å². The molecule has 0 unspecified atom stereocenters. The number of thiazole rings is 1. The van der Waals surface area contributed by atoms with E-state index >= 15 is 0 Å². The smallest absolute Gasteiger partial charge is 0.354 e. The van der Waals surface area contributed by atoms with Gasteiger partial charge in [-0.1, -0.05) is 29.3 Å². The standard InChI is InChI=1S/C14H10Cl2N2O2S/c1-20-14(19)12-5-11-13(21-7-17-11)18(12)6-8-2-3-9(15)10(16)4-8/h2-5,7H,6H2,1H3. The first kappa shape index (κ1) is 14.4. The van der Waals surface area contributed by atoms with E-state index in [4.69, 9.17) is 27.9 Å². The molecule has 0 bridgehead atoms. The Morgan fingerprint density at radius 1 is 1.33 bits per heavy atom. The molecule has 0 aliphatic rings. The molecule has 0 aliphatic carbocycles. The van der Waals surface area contributed by atoms with Crippen LogP contribution in [0.5, 0.6) is 0 Å². The zero-order valence-corrected chi connectivity index (χ0v) is 13.3. The number of carbonyl (C=O) groups excluding carboxylic acids is 1. The lowest BCUT2D eigenvalue weighted by molar-refractivity contribution is 0.0589. The number of aromatic nitrogens is 2. The van der Waals surface area contributed by atoms with Crippen LogP contribution in [0.15, 0.2) is 29.8 Å². The number of halogens is 2. The quantitative estimate of drug-likeness (QED) is 0.670. The summed E-state index contributed by atoms with van der Waals surface area (Å²) < 4.78 is 6.70. The average Bonchev–Trinajstić information content (AvgIpc) is 3.04. The fraction of sp³-hybridized carbons (Fsp3) is 0.143. The summed E-state index contributed by atoms with van der Waals surface area (Å²) in [7, 11) is 1.36. The molecular weight excluding hydrogens is 331 g/mol. The van der Waals surface area contributed by atoms with E-state index in [9.17, 15) is 4.79 Å². The summed E-state index contributed by atoms with van der Waals surface area (Å²) in [4.78, 5) is 17.1. The first-order valence-corrected chi connectivity index (χ1v) is 7.68. The van der Waals surface area contributed by atoms with Crippen LogP contribution in [0.2, 0.25) is 10.0 Å². The lowest BCUT2D eigenvalue weighted by atomic mass is 10.2. The molecule has 21 heavy (non-hydrogen) atoms. The largest absolute Gasteiger partial charge is 0.464 e. The molecule has 0 fully saturated rings. The van der Waals surface area contributed by atoms with Gasteiger partial charge in [0.05, 0.1) is 22.7 Å². The van der Waals surface area contributed by atoms with Gasteiger partial charge in [-0.25, -0.2) is 9.78 Å². The van der Waals surface area contributed by atoms with Gasteiger partial charge in [-0.2, -0.15) is 0 Å². The molecule has 0 radical (unpaired) electrons. The Hall–Kier alpha value is -1.56. The van der Waals surface area contributed by atoms with Crippen LogP contribution in [-0.2, 0) is 11.3 Å². The first-order valence-electron chi connectivity index (χ1n) is 6.05. The van der Waals surface area contributed by atoms with E-state index < -0.39 is 0 Å². The number of fused-ring (bicyclic) bond motifs is 1. The summed E-state index contributed by atoms with van der Waals surface area (Å²) in [5.41, 5.74) is 3.94. The van der Waals surface area contributed by atoms with Crippen LogP contribution in [-0.4, -0.2) is 22.6 Å². The van der Waals surface area contributed by atoms with Gasteiger partial charge in [-0.15, -0.1) is 11.3 Å². The second-order valence-electron chi connectivity index (χ2n) is 4.40. The molecule has 0 aliphatic heterocycles. The molecule has 4 nitrogen and oxygen atoms in total. The van der Waals surface area contributed by atoms with Gasteiger partial charge in [0.2, 0.25) is 0 Å². The third-order valence-electron chi connectivity index (χ3n) is 3.10. The fourth-order valence-corrected chi connectivity index (χ4v) is 3.23. The van der Waals surface area contributed by atoms with E-state index in [1.165, 1.54) is 18.4 Å². The Balaban J connectivity index is 2.07. The van der Waals surface area contributed by atoms with Crippen molar-refractivity contribution in [3.05, 3.63) is 51.1 Å². The van der Waals surface area contributed by atoms with Crippen molar-refractivity contribution >= 4 is 50.9 Å². The summed E-state index contributed by atoms with van der Waals surface area (Å²) in [5, 5.41) is 0.991. The van der Waals surface area contributed by atoms with Crippen LogP contribution in [0.4, 0.5) is 0 Å². The van der Waals surface area contributed by atoms with Crippen LogP contribution < -0.4 is 0 Å². The first-order chi connectivity index (χ1) is 10.1. The molecule has 0 saturated carbocycles. The number of benzene rings is 1. The molecule has 0 atom stereocenters. The van der Waals surface area contributed by atoms with Gasteiger partial charge in [0.25, 0.3) is 0 Å². The van der Waals surface area contributed by atoms with Crippen LogP contribution in [0.3, 0.4) is 0 Å². The van der Waals surface area contributed by atoms with Crippen molar-refractivity contribution in [1.29, 1.82) is 0 Å². The van der Waals surface area contributed by atoms with Gasteiger partial charge in [-0.05, 0) is 23.8 Å². The Morgan fingerprint density at radius 3 is 2.86 bits per heavy atom. The molecule has 0 amide bonds. The molecule has 0 saturated heterocycles. The number of nitrogens with zero attached hydrogens (tertiary/aromatic N) is 2. The van der Waals surface area contributed by atoms with Gasteiger partial charge >= 0.3 is 5.97 Å². The van der Waals surface area contributed by atoms with Crippen molar-refractivity contribution in [1.82, 2.24) is 9.55 Å². The lowest BCUT2D eigenvalue weighted by Crippen LogP contribution is -2.11. The monoisotopic (exact) mass is 340 g/mol. The summed E-state index contributed by atoms with van der Waals surface area (Å²) in [6.07, 6.45) is 0. The molecule has 108 valence electrons. The van der Waals surface area contributed by atoms with E-state index in [0.29, 0.717) is 22.3 Å². The van der Waals surface area contributed by atoms with Crippen LogP contribution in [0.1, 0.15) is 16.1 Å². The summed E-state index contributed by atoms with van der Waals surface area (Å²) >= 11 is 13.4. The van der Waals surface area contributed by atoms with Crippen LogP contribution >= 0.6 is 34.5 Å². The third-order valence-corrected chi connectivity index (χ3v) is 4.71. The van der Waals surface area contributed by atoms with Gasteiger partial charge in [0, 0.05) is 6.54 Å². The van der Waals surface area contributed by atoms with Gasteiger partial charge in [-0.3, -0.25) is 0 Å². The van der Waals surface area contributed by atoms with Crippen LogP contribution in [0, 0.1) is 0 Å². The summed E-state index contributed by atoms with van der Waals surface area (Å²) in [6, 6.07) is 7.14. The lowest BCUT2D eigenvalue weighted by Gasteiger charge is -2.09. The maximum atomic E-state index is 11.9. The average molecular weight is 341 g/mol. The van der Waals surface area contributed by atoms with Crippen molar-refractivity contribution in [2.45, 2.75) is 6.54 Å². The topological polar surface area (TPSA) is 44.1 Å². The van der Waals surface area contributed by atoms with Gasteiger partial charge in [0.1, 0.15) is 16.0 Å². The van der Waals surface area contributed by atoms with Gasteiger partial charge in [0.15, 0.2) is 0 Å². The predicted octanol–water partition coefficient (Wildman–Crippen LogP) is 4.24. The highest BCUT2D eigenvalue weighted by molar-refractivity contribution is 7.16. The highest BCUT2D eigenvalue weighted by atomic mass is 35.5. The molecule has 3 rings (SSSR count). The van der Waals surface area contributed by atoms with Crippen molar-refractivity contribution in [2.75, 3.05) is 7.11 Å². The van der Waals surface area contributed by atoms with Gasteiger partial charge < -0.3 is 9.30 Å². The van der Waals surface area contributed by atoms with E-state index in [1.54, 1.807) is 23.7 Å². The molecular formula is C14H10Cl2N2O2S. The molecule has 2 heterocycles. The maximum Gasteiger partial charge on any atom is 0.354 e. The van der Waals surface area contributed by atoms with Crippen molar-refractivity contribution in [3.63, 3.8) is 0 Å². The molecule has 0 spiro atoms. The van der Waals surface area contributed by atoms with E-state index in [2.05, 4.69) is 4.98 Å². The van der Waals surface area contributed by atoms with E-state index in [0.717, 1.165) is 15.9 Å². The Morgan fingerprint density at radius 2 is 2.14 bits per heavy atom. The summed E-state index contributed by atoms with van der Waals surface area (Å²) in [6.45, 7) is 0.493. The minimum Gasteiger partial charge on any atom is -0.464 e. The molecule has 0 N–H and O–H groups in total. The predicted molar refractivity (Wildman–Crippen MR) is 84.5 cm³/mol. The maximum absolute atomic E-state index is 11.9. The number of carbonyl (C=O) groups is 1. The number of rotatable bonds is 3. The molecule has 7 heteroatoms. The number of esters is 1. The highest BCUT2D eigenvalue weighted by Gasteiger charge is 2.18. The fourth-order valence-electron chi connectivity index (χ4n) is 2.12.